The number of aromatic nitrogens is 2. The highest BCUT2D eigenvalue weighted by molar-refractivity contribution is 7.13. The number of benzene rings is 3. The van der Waals surface area contributed by atoms with Gasteiger partial charge in [-0.15, -0.1) is 11.3 Å². The van der Waals surface area contributed by atoms with Crippen molar-refractivity contribution in [3.63, 3.8) is 0 Å². The minimum atomic E-state index is -0.991. The highest BCUT2D eigenvalue weighted by Gasteiger charge is 2.44. The van der Waals surface area contributed by atoms with Crippen molar-refractivity contribution >= 4 is 46.8 Å². The van der Waals surface area contributed by atoms with Crippen molar-refractivity contribution in [2.75, 3.05) is 92.8 Å². The number of rotatable bonds is 29. The molecule has 6 N–H and O–H groups in total. The van der Waals surface area contributed by atoms with Crippen LogP contribution in [-0.2, 0) is 55.8 Å². The third-order valence-corrected chi connectivity index (χ3v) is 14.5. The summed E-state index contributed by atoms with van der Waals surface area (Å²) < 4.78 is 32.8. The van der Waals surface area contributed by atoms with Crippen LogP contribution < -0.4 is 21.3 Å². The van der Waals surface area contributed by atoms with Gasteiger partial charge < -0.3 is 69.5 Å². The van der Waals surface area contributed by atoms with E-state index in [4.69, 9.17) is 28.2 Å². The number of phenolic OH excluding ortho intramolecular Hbond substituents is 1. The Bertz CT molecular complexity index is 2890. The predicted octanol–water partition coefficient (Wildman–Crippen LogP) is 3.98. The first-order chi connectivity index (χ1) is 38.5. The Morgan fingerprint density at radius 1 is 0.838 bits per heavy atom. The van der Waals surface area contributed by atoms with Crippen molar-refractivity contribution in [2.24, 2.45) is 5.41 Å². The Morgan fingerprint density at radius 2 is 1.49 bits per heavy atom. The summed E-state index contributed by atoms with van der Waals surface area (Å²) in [6.45, 7) is 9.23. The molecule has 2 aromatic heterocycles. The van der Waals surface area contributed by atoms with Crippen molar-refractivity contribution in [1.82, 2.24) is 41.2 Å². The van der Waals surface area contributed by atoms with Crippen LogP contribution in [0.25, 0.3) is 21.8 Å². The Hall–Kier alpha value is -7.12. The molecule has 22 nitrogen and oxygen atoms in total. The van der Waals surface area contributed by atoms with Gasteiger partial charge in [0.2, 0.25) is 23.6 Å². The molecule has 3 aromatic carbocycles. The summed E-state index contributed by atoms with van der Waals surface area (Å²) in [4.78, 5) is 86.8. The van der Waals surface area contributed by atoms with E-state index in [1.165, 1.54) is 33.6 Å². The molecule has 0 radical (unpaired) electrons. The Labute approximate surface area is 468 Å². The number of likely N-dealkylation sites (tertiary alicyclic amines) is 1. The number of amides is 6. The predicted molar refractivity (Wildman–Crippen MR) is 294 cm³/mol. The smallest absolute Gasteiger partial charge is 0.273 e. The summed E-state index contributed by atoms with van der Waals surface area (Å²) in [7, 11) is 1.55. The number of likely N-dealkylation sites (N-methyl/N-ethyl adjacent to an activating group) is 1. The maximum atomic E-state index is 13.9. The monoisotopic (exact) mass is 1120 g/mol. The number of nitrogens with one attached hydrogen (secondary N) is 4. The summed E-state index contributed by atoms with van der Waals surface area (Å²) in [6.07, 6.45) is 0.862. The number of hydrogen-bond donors (Lipinski definition) is 6. The number of thiazole rings is 1. The molecule has 1 fully saturated rings. The second kappa shape index (κ2) is 29.4. The number of carbonyl (C=O) groups excluding carboxylic acids is 6. The van der Waals surface area contributed by atoms with E-state index in [-0.39, 0.29) is 126 Å². The van der Waals surface area contributed by atoms with Crippen LogP contribution in [0.1, 0.15) is 82.9 Å². The van der Waals surface area contributed by atoms with E-state index in [0.29, 0.717) is 18.8 Å². The number of β-amino-alcohol motifs (C(OH)–C–C–N with tert-alkyl or cyclic N) is 1. The zero-order valence-electron chi connectivity index (χ0n) is 45.8. The van der Waals surface area contributed by atoms with E-state index in [0.717, 1.165) is 40.1 Å². The minimum Gasteiger partial charge on any atom is -0.507 e. The molecule has 0 bridgehead atoms. The molecule has 1 saturated heterocycles. The van der Waals surface area contributed by atoms with Crippen LogP contribution in [0.4, 0.5) is 0 Å². The molecular formula is C57H72N8O14S. The number of carbonyl (C=O) groups is 6. The van der Waals surface area contributed by atoms with Crippen LogP contribution in [-0.4, -0.2) is 177 Å². The number of hydrogen-bond acceptors (Lipinski definition) is 17. The first-order valence-electron chi connectivity index (χ1n) is 26.6. The Morgan fingerprint density at radius 3 is 2.14 bits per heavy atom. The van der Waals surface area contributed by atoms with Crippen LogP contribution in [0.5, 0.6) is 5.75 Å². The van der Waals surface area contributed by atoms with Gasteiger partial charge >= 0.3 is 0 Å². The number of phenols is 1. The first kappa shape index (κ1) is 60.5. The van der Waals surface area contributed by atoms with Gasteiger partial charge in [0.05, 0.1) is 86.6 Å². The zero-order chi connectivity index (χ0) is 57.2. The molecule has 0 unspecified atom stereocenters. The van der Waals surface area contributed by atoms with Gasteiger partial charge in [0.1, 0.15) is 31.0 Å². The summed E-state index contributed by atoms with van der Waals surface area (Å²) in [5.74, 6) is -2.62. The van der Waals surface area contributed by atoms with Crippen molar-refractivity contribution in [2.45, 2.75) is 77.7 Å². The number of fused-ring (bicyclic) bond motifs is 1. The molecule has 5 aromatic rings. The normalized spacial score (nSPS) is 16.2. The van der Waals surface area contributed by atoms with E-state index in [9.17, 15) is 39.0 Å². The lowest BCUT2D eigenvalue weighted by Gasteiger charge is -2.35. The van der Waals surface area contributed by atoms with Crippen molar-refractivity contribution in [1.29, 1.82) is 0 Å². The average Bonchev–Trinajstić information content (AvgIpc) is 4.29. The summed E-state index contributed by atoms with van der Waals surface area (Å²) >= 11 is 1.56. The second-order valence-corrected chi connectivity index (χ2v) is 21.4. The largest absolute Gasteiger partial charge is 0.507 e. The lowest BCUT2D eigenvalue weighted by molar-refractivity contribution is -0.144. The van der Waals surface area contributed by atoms with Gasteiger partial charge in [-0.2, -0.15) is 0 Å². The van der Waals surface area contributed by atoms with Gasteiger partial charge in [0, 0.05) is 51.3 Å². The number of aliphatic hydroxyl groups excluding tert-OH is 1. The third kappa shape index (κ3) is 17.2. The maximum Gasteiger partial charge on any atom is 0.273 e. The van der Waals surface area contributed by atoms with Gasteiger partial charge in [0.25, 0.3) is 11.8 Å². The molecule has 7 rings (SSSR count). The summed E-state index contributed by atoms with van der Waals surface area (Å²) in [5.41, 5.74) is 6.81. The topological polar surface area (TPSA) is 283 Å². The number of ether oxygens (including phenoxy) is 5. The van der Waals surface area contributed by atoms with Gasteiger partial charge in [-0.1, -0.05) is 80.5 Å². The first-order valence-corrected chi connectivity index (χ1v) is 27.5. The quantitative estimate of drug-likeness (QED) is 0.0370. The SMILES string of the molecule is Cc1ncsc1-c1ccc(CNC(=O)[C@@H]2C[C@@H](O)CN2C(=O)[C@@H](NC(=O)COCCOCCOCCOCCOCC(=O)NCCN(C)C(=O)c2ccc(-c3cc(C(=O)N[C@@H]4CCc5ccccc54)no3)cc2O)C(C)(C)C)cc1. The fraction of sp³-hybridized carbons (Fsp3) is 0.474. The van der Waals surface area contributed by atoms with Gasteiger partial charge in [-0.25, -0.2) is 4.98 Å². The number of aryl methyl sites for hydroxylation is 2. The van der Waals surface area contributed by atoms with Crippen LogP contribution in [0.15, 0.2) is 82.8 Å². The van der Waals surface area contributed by atoms with Gasteiger partial charge in [0.15, 0.2) is 11.5 Å². The Balaban J connectivity index is 0.677. The molecule has 23 heteroatoms. The fourth-order valence-electron chi connectivity index (χ4n) is 9.13. The fourth-order valence-corrected chi connectivity index (χ4v) is 9.95. The van der Waals surface area contributed by atoms with Crippen LogP contribution >= 0.6 is 11.3 Å². The molecule has 0 spiro atoms. The molecule has 4 atom stereocenters. The molecule has 2 aliphatic rings. The van der Waals surface area contributed by atoms with E-state index >= 15 is 0 Å². The second-order valence-electron chi connectivity index (χ2n) is 20.5. The molecule has 0 saturated carbocycles. The molecule has 430 valence electrons. The molecule has 1 aliphatic carbocycles. The highest BCUT2D eigenvalue weighted by atomic mass is 32.1. The van der Waals surface area contributed by atoms with E-state index in [2.05, 4.69) is 37.5 Å². The third-order valence-electron chi connectivity index (χ3n) is 13.5. The highest BCUT2D eigenvalue weighted by Crippen LogP contribution is 2.33. The van der Waals surface area contributed by atoms with Crippen LogP contribution in [0, 0.1) is 12.3 Å². The van der Waals surface area contributed by atoms with Gasteiger partial charge in [-0.3, -0.25) is 28.8 Å². The Kier molecular flexibility index (Phi) is 22.2. The van der Waals surface area contributed by atoms with E-state index < -0.39 is 47.2 Å². The summed E-state index contributed by atoms with van der Waals surface area (Å²) in [5, 5.41) is 36.6. The van der Waals surface area contributed by atoms with Crippen molar-refractivity contribution in [3.8, 4) is 27.5 Å². The maximum absolute atomic E-state index is 13.9. The molecular weight excluding hydrogens is 1050 g/mol. The molecule has 1 aliphatic heterocycles. The van der Waals surface area contributed by atoms with E-state index in [1.807, 2.05) is 70.2 Å². The number of aromatic hydroxyl groups is 1. The van der Waals surface area contributed by atoms with Gasteiger partial charge in [-0.05, 0) is 59.6 Å². The van der Waals surface area contributed by atoms with E-state index in [1.54, 1.807) is 30.0 Å². The van der Waals surface area contributed by atoms with Crippen LogP contribution in [0.2, 0.25) is 0 Å². The summed E-state index contributed by atoms with van der Waals surface area (Å²) in [6, 6.07) is 19.7. The average molecular weight is 1130 g/mol. The zero-order valence-corrected chi connectivity index (χ0v) is 46.6. The van der Waals surface area contributed by atoms with Crippen molar-refractivity contribution in [3.05, 3.63) is 112 Å². The lowest BCUT2D eigenvalue weighted by Crippen LogP contribution is -2.58. The van der Waals surface area contributed by atoms with Crippen molar-refractivity contribution < 1.29 is 67.2 Å². The molecule has 6 amide bonds. The number of nitrogens with zero attached hydrogens (tertiary/aromatic N) is 4. The van der Waals surface area contributed by atoms with Crippen LogP contribution in [0.3, 0.4) is 0 Å². The minimum absolute atomic E-state index is 0.0372. The molecule has 3 heterocycles. The molecule has 80 heavy (non-hydrogen) atoms. The lowest BCUT2D eigenvalue weighted by atomic mass is 9.85. The standard InChI is InChI=1S/C57H72N8O14S/c1-36-51(80-35-60-36)39-12-10-37(11-13-39)31-59-54(71)46-29-41(66)32-65(46)56(73)52(57(2,3)4)62-50(69)34-78-27-25-76-23-21-74-20-22-75-24-26-77-33-49(68)58-18-19-64(5)55(72)43-16-14-40(28-47(43)67)48-30-45(63-79-48)53(70)61-44-17-15-38-8-6-7-9-42(38)44/h6-14,16,28,30,35,41,44,46,52,66-67H,15,17-27,29,31-34H2,1-5H3,(H,58,68)(H,59,71)(H,61,70)(H,62,69)/t41-,44-,46+,52-/m1/s1. The number of aliphatic hydroxyl groups is 1.